The molecule has 0 aliphatic carbocycles. The summed E-state index contributed by atoms with van der Waals surface area (Å²) in [5, 5.41) is 10.7. The molecule has 3 aromatic rings. The van der Waals surface area contributed by atoms with E-state index in [1.54, 1.807) is 17.2 Å². The number of amides is 1. The van der Waals surface area contributed by atoms with Gasteiger partial charge in [-0.15, -0.1) is 0 Å². The van der Waals surface area contributed by atoms with Gasteiger partial charge in [0, 0.05) is 19.2 Å². The lowest BCUT2D eigenvalue weighted by molar-refractivity contribution is 0.0555. The quantitative estimate of drug-likeness (QED) is 0.705. The molecular weight excluding hydrogens is 358 g/mol. The molecule has 1 N–H and O–H groups in total. The predicted octanol–water partition coefficient (Wildman–Crippen LogP) is 3.09. The number of benzene rings is 1. The molecule has 0 saturated carbocycles. The lowest BCUT2D eigenvalue weighted by Crippen LogP contribution is -2.38. The number of likely N-dealkylation sites (tertiary alicyclic amines) is 1. The zero-order valence-electron chi connectivity index (χ0n) is 15.8. The van der Waals surface area contributed by atoms with Crippen LogP contribution in [0, 0.1) is 6.92 Å². The molecule has 1 aliphatic heterocycles. The highest BCUT2D eigenvalue weighted by atomic mass is 16.5. The molecule has 146 valence electrons. The summed E-state index contributed by atoms with van der Waals surface area (Å²) in [7, 11) is 0. The van der Waals surface area contributed by atoms with Crippen molar-refractivity contribution < 1.29 is 14.1 Å². The maximum atomic E-state index is 12.8. The van der Waals surface area contributed by atoms with Crippen LogP contribution >= 0.6 is 0 Å². The number of aromatic nitrogens is 4. The SMILES string of the molecule is Cc1cccc(OCCc2noc(C3CCCCN3C(=O)c3ccn[nH]3)n2)c1. The van der Waals surface area contributed by atoms with E-state index in [1.807, 2.05) is 31.2 Å². The van der Waals surface area contributed by atoms with Crippen LogP contribution < -0.4 is 4.74 Å². The number of nitrogens with one attached hydrogen (secondary N) is 1. The van der Waals surface area contributed by atoms with Crippen LogP contribution in [0.25, 0.3) is 0 Å². The number of H-pyrrole nitrogens is 1. The maximum Gasteiger partial charge on any atom is 0.272 e. The van der Waals surface area contributed by atoms with E-state index in [9.17, 15) is 4.79 Å². The van der Waals surface area contributed by atoms with Crippen LogP contribution in [0.2, 0.25) is 0 Å². The molecule has 1 fully saturated rings. The van der Waals surface area contributed by atoms with Crippen molar-refractivity contribution in [3.05, 3.63) is 59.5 Å². The smallest absolute Gasteiger partial charge is 0.272 e. The van der Waals surface area contributed by atoms with E-state index in [0.29, 0.717) is 37.0 Å². The zero-order valence-corrected chi connectivity index (χ0v) is 15.8. The van der Waals surface area contributed by atoms with Crippen molar-refractivity contribution in [1.29, 1.82) is 0 Å². The Kier molecular flexibility index (Phi) is 5.36. The van der Waals surface area contributed by atoms with Gasteiger partial charge in [0.1, 0.15) is 17.5 Å². The van der Waals surface area contributed by atoms with Gasteiger partial charge in [-0.05, 0) is 49.9 Å². The molecule has 8 nitrogen and oxygen atoms in total. The van der Waals surface area contributed by atoms with Crippen molar-refractivity contribution in [3.8, 4) is 5.75 Å². The van der Waals surface area contributed by atoms with Crippen LogP contribution in [-0.2, 0) is 6.42 Å². The van der Waals surface area contributed by atoms with E-state index >= 15 is 0 Å². The van der Waals surface area contributed by atoms with Crippen LogP contribution in [0.5, 0.6) is 5.75 Å². The van der Waals surface area contributed by atoms with Gasteiger partial charge in [0.05, 0.1) is 6.61 Å². The number of carbonyl (C=O) groups excluding carboxylic acids is 1. The third kappa shape index (κ3) is 4.05. The molecule has 1 atom stereocenters. The fraction of sp³-hybridized carbons (Fsp3) is 0.400. The van der Waals surface area contributed by atoms with Crippen molar-refractivity contribution >= 4 is 5.91 Å². The molecule has 0 spiro atoms. The molecule has 1 saturated heterocycles. The van der Waals surface area contributed by atoms with Gasteiger partial charge in [-0.2, -0.15) is 10.1 Å². The molecule has 8 heteroatoms. The topological polar surface area (TPSA) is 97.1 Å². The summed E-state index contributed by atoms with van der Waals surface area (Å²) in [4.78, 5) is 19.1. The first-order chi connectivity index (χ1) is 13.7. The largest absolute Gasteiger partial charge is 0.493 e. The van der Waals surface area contributed by atoms with E-state index < -0.39 is 0 Å². The van der Waals surface area contributed by atoms with Crippen molar-refractivity contribution in [1.82, 2.24) is 25.2 Å². The monoisotopic (exact) mass is 381 g/mol. The molecule has 4 rings (SSSR count). The molecule has 0 bridgehead atoms. The molecule has 1 aliphatic rings. The second-order valence-electron chi connectivity index (χ2n) is 6.94. The normalized spacial score (nSPS) is 16.9. The number of rotatable bonds is 6. The minimum atomic E-state index is -0.205. The number of aryl methyl sites for hydroxylation is 1. The summed E-state index contributed by atoms with van der Waals surface area (Å²) < 4.78 is 11.2. The summed E-state index contributed by atoms with van der Waals surface area (Å²) in [5.41, 5.74) is 1.62. The second-order valence-corrected chi connectivity index (χ2v) is 6.94. The summed E-state index contributed by atoms with van der Waals surface area (Å²) in [6.07, 6.45) is 4.90. The van der Waals surface area contributed by atoms with Gasteiger partial charge in [0.25, 0.3) is 5.91 Å². The summed E-state index contributed by atoms with van der Waals surface area (Å²) >= 11 is 0. The van der Waals surface area contributed by atoms with Gasteiger partial charge in [0.15, 0.2) is 5.82 Å². The Balaban J connectivity index is 1.40. The Morgan fingerprint density at radius 3 is 3.11 bits per heavy atom. The average Bonchev–Trinajstić information content (AvgIpc) is 3.40. The zero-order chi connectivity index (χ0) is 19.3. The molecule has 3 heterocycles. The van der Waals surface area contributed by atoms with Crippen molar-refractivity contribution in [2.45, 2.75) is 38.6 Å². The molecule has 1 amide bonds. The molecule has 1 unspecified atom stereocenters. The van der Waals surface area contributed by atoms with Crippen molar-refractivity contribution in [3.63, 3.8) is 0 Å². The first-order valence-corrected chi connectivity index (χ1v) is 9.53. The highest BCUT2D eigenvalue weighted by Crippen LogP contribution is 2.31. The molecule has 28 heavy (non-hydrogen) atoms. The highest BCUT2D eigenvalue weighted by Gasteiger charge is 2.33. The van der Waals surface area contributed by atoms with Crippen LogP contribution in [0.3, 0.4) is 0 Å². The predicted molar refractivity (Wildman–Crippen MR) is 101 cm³/mol. The number of nitrogens with zero attached hydrogens (tertiary/aromatic N) is 4. The third-order valence-electron chi connectivity index (χ3n) is 4.85. The van der Waals surface area contributed by atoms with Gasteiger partial charge in [-0.1, -0.05) is 17.3 Å². The van der Waals surface area contributed by atoms with Crippen LogP contribution in [0.15, 0.2) is 41.1 Å². The number of piperidine rings is 1. The fourth-order valence-electron chi connectivity index (χ4n) is 3.43. The Hall–Kier alpha value is -3.16. The lowest BCUT2D eigenvalue weighted by atomic mass is 10.0. The minimum absolute atomic E-state index is 0.0928. The van der Waals surface area contributed by atoms with Gasteiger partial charge in [-0.3, -0.25) is 9.89 Å². The Labute approximate surface area is 162 Å². The van der Waals surface area contributed by atoms with Gasteiger partial charge in [0.2, 0.25) is 5.89 Å². The van der Waals surface area contributed by atoms with Crippen LogP contribution in [0.1, 0.15) is 53.1 Å². The first kappa shape index (κ1) is 18.2. The standard InChI is InChI=1S/C20H23N5O3/c1-14-5-4-6-15(13-14)27-12-9-18-22-19(28-24-18)17-7-2-3-11-25(17)20(26)16-8-10-21-23-16/h4-6,8,10,13,17H,2-3,7,9,11-12H2,1H3,(H,21,23). The van der Waals surface area contributed by atoms with Gasteiger partial charge < -0.3 is 14.2 Å². The molecule has 0 radical (unpaired) electrons. The average molecular weight is 381 g/mol. The number of ether oxygens (including phenoxy) is 1. The van der Waals surface area contributed by atoms with Crippen molar-refractivity contribution in [2.24, 2.45) is 0 Å². The van der Waals surface area contributed by atoms with E-state index in [4.69, 9.17) is 9.26 Å². The Morgan fingerprint density at radius 1 is 1.36 bits per heavy atom. The van der Waals surface area contributed by atoms with E-state index in [2.05, 4.69) is 20.3 Å². The summed E-state index contributed by atoms with van der Waals surface area (Å²) in [6.45, 7) is 3.15. The first-order valence-electron chi connectivity index (χ1n) is 9.53. The second kappa shape index (κ2) is 8.24. The molecular formula is C20H23N5O3. The van der Waals surface area contributed by atoms with Crippen LogP contribution in [-0.4, -0.2) is 44.3 Å². The minimum Gasteiger partial charge on any atom is -0.493 e. The maximum absolute atomic E-state index is 12.8. The number of hydrogen-bond acceptors (Lipinski definition) is 6. The summed E-state index contributed by atoms with van der Waals surface area (Å²) in [6, 6.07) is 9.38. The number of aromatic amines is 1. The molecule has 1 aromatic carbocycles. The van der Waals surface area contributed by atoms with E-state index in [1.165, 1.54) is 0 Å². The number of carbonyl (C=O) groups is 1. The fourth-order valence-corrected chi connectivity index (χ4v) is 3.43. The van der Waals surface area contributed by atoms with Gasteiger partial charge >= 0.3 is 0 Å². The third-order valence-corrected chi connectivity index (χ3v) is 4.85. The van der Waals surface area contributed by atoms with Gasteiger partial charge in [-0.25, -0.2) is 0 Å². The van der Waals surface area contributed by atoms with Crippen LogP contribution in [0.4, 0.5) is 0 Å². The number of hydrogen-bond donors (Lipinski definition) is 1. The van der Waals surface area contributed by atoms with E-state index in [0.717, 1.165) is 30.6 Å². The highest BCUT2D eigenvalue weighted by molar-refractivity contribution is 5.92. The molecule has 2 aromatic heterocycles. The van der Waals surface area contributed by atoms with Crippen molar-refractivity contribution in [2.75, 3.05) is 13.2 Å². The Morgan fingerprint density at radius 2 is 2.29 bits per heavy atom. The summed E-state index contributed by atoms with van der Waals surface area (Å²) in [5.74, 6) is 1.80. The Bertz CT molecular complexity index is 922. The lowest BCUT2D eigenvalue weighted by Gasteiger charge is -2.32. The van der Waals surface area contributed by atoms with E-state index in [-0.39, 0.29) is 11.9 Å².